The molecule has 2 N–H and O–H groups in total. The van der Waals surface area contributed by atoms with Crippen LogP contribution in [0.2, 0.25) is 0 Å². The monoisotopic (exact) mass is 389 g/mol. The van der Waals surface area contributed by atoms with Gasteiger partial charge >= 0.3 is 0 Å². The summed E-state index contributed by atoms with van der Waals surface area (Å²) in [5.41, 5.74) is 0.839. The van der Waals surface area contributed by atoms with Gasteiger partial charge in [0.2, 0.25) is 10.0 Å². The zero-order valence-electron chi connectivity index (χ0n) is 15.7. The van der Waals surface area contributed by atoms with Crippen LogP contribution in [-0.4, -0.2) is 44.7 Å². The molecule has 0 atom stereocenters. The van der Waals surface area contributed by atoms with Crippen molar-refractivity contribution < 1.29 is 18.0 Å². The highest BCUT2D eigenvalue weighted by molar-refractivity contribution is 7.89. The van der Waals surface area contributed by atoms with Gasteiger partial charge in [-0.15, -0.1) is 0 Å². The largest absolute Gasteiger partial charge is 0.355 e. The summed E-state index contributed by atoms with van der Waals surface area (Å²) in [6.45, 7) is 3.54. The molecular weight excluding hydrogens is 366 g/mol. The molecule has 0 saturated heterocycles. The normalized spacial score (nSPS) is 11.5. The van der Waals surface area contributed by atoms with E-state index in [9.17, 15) is 18.0 Å². The van der Waals surface area contributed by atoms with Gasteiger partial charge in [0.05, 0.1) is 16.1 Å². The van der Waals surface area contributed by atoms with Gasteiger partial charge in [0.1, 0.15) is 0 Å². The summed E-state index contributed by atoms with van der Waals surface area (Å²) in [4.78, 5) is 24.6. The minimum atomic E-state index is -3.70. The minimum Gasteiger partial charge on any atom is -0.355 e. The van der Waals surface area contributed by atoms with Gasteiger partial charge in [-0.2, -0.15) is 4.31 Å². The lowest BCUT2D eigenvalue weighted by molar-refractivity contribution is 0.0964. The topological polar surface area (TPSA) is 95.6 Å². The number of nitrogens with zero attached hydrogens (tertiary/aromatic N) is 1. The van der Waals surface area contributed by atoms with Gasteiger partial charge in [-0.05, 0) is 44.2 Å². The molecule has 0 saturated carbocycles. The van der Waals surface area contributed by atoms with Crippen LogP contribution >= 0.6 is 0 Å². The standard InChI is InChI=1S/C19H23N3O4S/c1-13(2)22(4)27(25,26)15-9-7-8-14(12-15)18(23)21-17-11-6-5-10-16(17)19(24)20-3/h5-13H,1-4H3,(H,20,24)(H,21,23). The Bertz CT molecular complexity index is 955. The molecule has 8 heteroatoms. The fraction of sp³-hybridized carbons (Fsp3) is 0.263. The fourth-order valence-electron chi connectivity index (χ4n) is 2.36. The Morgan fingerprint density at radius 2 is 1.67 bits per heavy atom. The average Bonchev–Trinajstić information content (AvgIpc) is 2.67. The number of hydrogen-bond donors (Lipinski definition) is 2. The number of amides is 2. The minimum absolute atomic E-state index is 0.0333. The Balaban J connectivity index is 2.34. The predicted octanol–water partition coefficient (Wildman–Crippen LogP) is 2.33. The van der Waals surface area contributed by atoms with Crippen molar-refractivity contribution >= 4 is 27.5 Å². The molecule has 0 fully saturated rings. The molecule has 2 amide bonds. The second kappa shape index (κ2) is 8.32. The second-order valence-electron chi connectivity index (χ2n) is 6.22. The third-order valence-corrected chi connectivity index (χ3v) is 6.18. The Hall–Kier alpha value is -2.71. The third-order valence-electron chi connectivity index (χ3n) is 4.15. The first-order valence-electron chi connectivity index (χ1n) is 8.39. The van der Waals surface area contributed by atoms with E-state index < -0.39 is 15.9 Å². The first-order chi connectivity index (χ1) is 12.7. The van der Waals surface area contributed by atoms with E-state index in [-0.39, 0.29) is 22.4 Å². The van der Waals surface area contributed by atoms with E-state index in [4.69, 9.17) is 0 Å². The molecule has 2 aromatic carbocycles. The number of nitrogens with one attached hydrogen (secondary N) is 2. The van der Waals surface area contributed by atoms with E-state index >= 15 is 0 Å². The Morgan fingerprint density at radius 3 is 2.30 bits per heavy atom. The summed E-state index contributed by atoms with van der Waals surface area (Å²) < 4.78 is 26.5. The molecule has 0 aliphatic carbocycles. The van der Waals surface area contributed by atoms with E-state index in [1.807, 2.05) is 0 Å². The van der Waals surface area contributed by atoms with Crippen molar-refractivity contribution in [3.05, 3.63) is 59.7 Å². The highest BCUT2D eigenvalue weighted by Gasteiger charge is 2.24. The van der Waals surface area contributed by atoms with Crippen molar-refractivity contribution in [3.63, 3.8) is 0 Å². The number of carbonyl (C=O) groups is 2. The van der Waals surface area contributed by atoms with E-state index in [0.717, 1.165) is 0 Å². The molecule has 7 nitrogen and oxygen atoms in total. The Labute approximate surface area is 159 Å². The van der Waals surface area contributed by atoms with Gasteiger partial charge in [0, 0.05) is 25.7 Å². The van der Waals surface area contributed by atoms with Crippen LogP contribution in [0.1, 0.15) is 34.6 Å². The molecule has 2 rings (SSSR count). The summed E-state index contributed by atoms with van der Waals surface area (Å²) in [5.74, 6) is -0.837. The quantitative estimate of drug-likeness (QED) is 0.793. The molecule has 0 aliphatic heterocycles. The predicted molar refractivity (Wildman–Crippen MR) is 104 cm³/mol. The number of rotatable bonds is 6. The highest BCUT2D eigenvalue weighted by Crippen LogP contribution is 2.20. The molecule has 27 heavy (non-hydrogen) atoms. The van der Waals surface area contributed by atoms with Gasteiger partial charge < -0.3 is 10.6 Å². The van der Waals surface area contributed by atoms with Crippen LogP contribution < -0.4 is 10.6 Å². The summed E-state index contributed by atoms with van der Waals surface area (Å²) >= 11 is 0. The van der Waals surface area contributed by atoms with Crippen LogP contribution in [-0.2, 0) is 10.0 Å². The van der Waals surface area contributed by atoms with Crippen molar-refractivity contribution in [2.24, 2.45) is 0 Å². The van der Waals surface area contributed by atoms with Crippen molar-refractivity contribution in [1.82, 2.24) is 9.62 Å². The van der Waals surface area contributed by atoms with Crippen molar-refractivity contribution in [2.75, 3.05) is 19.4 Å². The lowest BCUT2D eigenvalue weighted by Crippen LogP contribution is -2.33. The molecule has 0 bridgehead atoms. The first-order valence-corrected chi connectivity index (χ1v) is 9.83. The molecule has 2 aromatic rings. The first kappa shape index (κ1) is 20.6. The van der Waals surface area contributed by atoms with Crippen molar-refractivity contribution in [1.29, 1.82) is 0 Å². The van der Waals surface area contributed by atoms with E-state index in [2.05, 4.69) is 10.6 Å². The van der Waals surface area contributed by atoms with Gasteiger partial charge in [-0.1, -0.05) is 18.2 Å². The molecule has 0 aliphatic rings. The van der Waals surface area contributed by atoms with Crippen LogP contribution in [0.4, 0.5) is 5.69 Å². The van der Waals surface area contributed by atoms with Gasteiger partial charge in [-0.25, -0.2) is 8.42 Å². The average molecular weight is 389 g/mol. The molecule has 0 aromatic heterocycles. The summed E-state index contributed by atoms with van der Waals surface area (Å²) in [7, 11) is -0.711. The van der Waals surface area contributed by atoms with Gasteiger partial charge in [0.15, 0.2) is 0 Å². The summed E-state index contributed by atoms with van der Waals surface area (Å²) in [5, 5.41) is 5.18. The lowest BCUT2D eigenvalue weighted by Gasteiger charge is -2.21. The Kier molecular flexibility index (Phi) is 6.35. The van der Waals surface area contributed by atoms with E-state index in [1.165, 1.54) is 42.7 Å². The van der Waals surface area contributed by atoms with E-state index in [0.29, 0.717) is 11.3 Å². The maximum absolute atomic E-state index is 12.6. The SMILES string of the molecule is CNC(=O)c1ccccc1NC(=O)c1cccc(S(=O)(=O)N(C)C(C)C)c1. The Morgan fingerprint density at radius 1 is 1.00 bits per heavy atom. The molecule has 0 spiro atoms. The number of benzene rings is 2. The number of sulfonamides is 1. The number of hydrogen-bond acceptors (Lipinski definition) is 4. The summed E-state index contributed by atoms with van der Waals surface area (Å²) in [6.07, 6.45) is 0. The molecular formula is C19H23N3O4S. The second-order valence-corrected chi connectivity index (χ2v) is 8.22. The smallest absolute Gasteiger partial charge is 0.255 e. The van der Waals surface area contributed by atoms with Crippen LogP contribution in [0.25, 0.3) is 0 Å². The van der Waals surface area contributed by atoms with Gasteiger partial charge in [-0.3, -0.25) is 9.59 Å². The van der Waals surface area contributed by atoms with Gasteiger partial charge in [0.25, 0.3) is 11.8 Å². The van der Waals surface area contributed by atoms with E-state index in [1.54, 1.807) is 38.1 Å². The highest BCUT2D eigenvalue weighted by atomic mass is 32.2. The lowest BCUT2D eigenvalue weighted by atomic mass is 10.1. The van der Waals surface area contributed by atoms with Crippen molar-refractivity contribution in [2.45, 2.75) is 24.8 Å². The fourth-order valence-corrected chi connectivity index (χ4v) is 3.77. The van der Waals surface area contributed by atoms with Crippen LogP contribution in [0, 0.1) is 0 Å². The molecule has 0 heterocycles. The number of carbonyl (C=O) groups excluding carboxylic acids is 2. The molecule has 144 valence electrons. The summed E-state index contributed by atoms with van der Waals surface area (Å²) in [6, 6.07) is 12.2. The zero-order chi connectivity index (χ0) is 20.2. The maximum atomic E-state index is 12.6. The zero-order valence-corrected chi connectivity index (χ0v) is 16.5. The van der Waals surface area contributed by atoms with Crippen molar-refractivity contribution in [3.8, 4) is 0 Å². The van der Waals surface area contributed by atoms with Crippen LogP contribution in [0.3, 0.4) is 0 Å². The number of anilines is 1. The third kappa shape index (κ3) is 4.53. The molecule has 0 unspecified atom stereocenters. The van der Waals surface area contributed by atoms with Crippen LogP contribution in [0.5, 0.6) is 0 Å². The molecule has 0 radical (unpaired) electrons. The maximum Gasteiger partial charge on any atom is 0.255 e. The number of para-hydroxylation sites is 1. The van der Waals surface area contributed by atoms with Crippen LogP contribution in [0.15, 0.2) is 53.4 Å².